The number of nitrogens with one attached hydrogen (secondary N) is 1. The molecule has 1 heterocycles. The summed E-state index contributed by atoms with van der Waals surface area (Å²) < 4.78 is 57.8. The third-order valence-electron chi connectivity index (χ3n) is 3.75. The highest BCUT2D eigenvalue weighted by Crippen LogP contribution is 2.32. The third kappa shape index (κ3) is 3.20. The van der Waals surface area contributed by atoms with Crippen molar-refractivity contribution in [3.63, 3.8) is 0 Å². The summed E-state index contributed by atoms with van der Waals surface area (Å²) in [6.07, 6.45) is -4.75. The van der Waals surface area contributed by atoms with Crippen LogP contribution in [0.15, 0.2) is 42.5 Å². The number of carbonyl (C=O) groups excluding carboxylic acids is 1. The topological polar surface area (TPSA) is 38.3 Å². The van der Waals surface area contributed by atoms with Crippen LogP contribution >= 0.6 is 0 Å². The van der Waals surface area contributed by atoms with Crippen molar-refractivity contribution in [2.45, 2.75) is 18.7 Å². The van der Waals surface area contributed by atoms with Crippen molar-refractivity contribution >= 4 is 5.91 Å². The van der Waals surface area contributed by atoms with Crippen LogP contribution in [0.25, 0.3) is 0 Å². The van der Waals surface area contributed by atoms with Crippen LogP contribution in [-0.2, 0) is 12.6 Å². The van der Waals surface area contributed by atoms with Crippen LogP contribution < -0.4 is 10.1 Å². The SMILES string of the molecule is O=C(NCC1Cc2cccc(F)c2O1)c1ccccc1C(F)(F)F. The number of hydrogen-bond acceptors (Lipinski definition) is 2. The Morgan fingerprint density at radius 3 is 2.62 bits per heavy atom. The van der Waals surface area contributed by atoms with Gasteiger partial charge < -0.3 is 10.1 Å². The fourth-order valence-electron chi connectivity index (χ4n) is 2.64. The van der Waals surface area contributed by atoms with Gasteiger partial charge in [0.05, 0.1) is 17.7 Å². The van der Waals surface area contributed by atoms with Crippen molar-refractivity contribution in [2.24, 2.45) is 0 Å². The van der Waals surface area contributed by atoms with Gasteiger partial charge in [-0.05, 0) is 18.2 Å². The highest BCUT2D eigenvalue weighted by atomic mass is 19.4. The lowest BCUT2D eigenvalue weighted by atomic mass is 10.1. The van der Waals surface area contributed by atoms with E-state index in [0.29, 0.717) is 12.0 Å². The van der Waals surface area contributed by atoms with Crippen LogP contribution in [-0.4, -0.2) is 18.6 Å². The first-order valence-corrected chi connectivity index (χ1v) is 7.24. The molecule has 0 bridgehead atoms. The van der Waals surface area contributed by atoms with Crippen molar-refractivity contribution in [2.75, 3.05) is 6.54 Å². The van der Waals surface area contributed by atoms with E-state index in [0.717, 1.165) is 12.1 Å². The number of hydrogen-bond donors (Lipinski definition) is 1. The second-order valence-corrected chi connectivity index (χ2v) is 5.43. The number of ether oxygens (including phenoxy) is 1. The molecule has 1 unspecified atom stereocenters. The second-order valence-electron chi connectivity index (χ2n) is 5.43. The molecule has 3 rings (SSSR count). The van der Waals surface area contributed by atoms with Crippen molar-refractivity contribution in [1.82, 2.24) is 5.32 Å². The highest BCUT2D eigenvalue weighted by Gasteiger charge is 2.35. The average molecular weight is 339 g/mol. The molecule has 1 aliphatic rings. The highest BCUT2D eigenvalue weighted by molar-refractivity contribution is 5.95. The molecule has 7 heteroatoms. The Morgan fingerprint density at radius 2 is 1.92 bits per heavy atom. The Balaban J connectivity index is 1.67. The van der Waals surface area contributed by atoms with Gasteiger partial charge in [-0.2, -0.15) is 13.2 Å². The minimum absolute atomic E-state index is 0.0147. The number of carbonyl (C=O) groups is 1. The molecule has 24 heavy (non-hydrogen) atoms. The van der Waals surface area contributed by atoms with Gasteiger partial charge in [0.2, 0.25) is 0 Å². The Hall–Kier alpha value is -2.57. The maximum absolute atomic E-state index is 13.6. The lowest BCUT2D eigenvalue weighted by molar-refractivity contribution is -0.137. The molecule has 2 aromatic carbocycles. The number of amides is 1. The lowest BCUT2D eigenvalue weighted by Gasteiger charge is -2.15. The van der Waals surface area contributed by atoms with Crippen molar-refractivity contribution in [1.29, 1.82) is 0 Å². The quantitative estimate of drug-likeness (QED) is 0.868. The predicted octanol–water partition coefficient (Wildman–Crippen LogP) is 3.58. The number of para-hydroxylation sites is 1. The molecule has 0 radical (unpaired) electrons. The number of fused-ring (bicyclic) bond motifs is 1. The summed E-state index contributed by atoms with van der Waals surface area (Å²) in [7, 11) is 0. The van der Waals surface area contributed by atoms with Gasteiger partial charge in [-0.1, -0.05) is 24.3 Å². The zero-order chi connectivity index (χ0) is 17.3. The lowest BCUT2D eigenvalue weighted by Crippen LogP contribution is -2.35. The third-order valence-corrected chi connectivity index (χ3v) is 3.75. The molecule has 0 aliphatic carbocycles. The van der Waals surface area contributed by atoms with Crippen LogP contribution in [0.4, 0.5) is 17.6 Å². The Morgan fingerprint density at radius 1 is 1.17 bits per heavy atom. The van der Waals surface area contributed by atoms with Crippen LogP contribution in [0.5, 0.6) is 5.75 Å². The smallest absolute Gasteiger partial charge is 0.417 e. The Bertz CT molecular complexity index is 773. The molecule has 1 N–H and O–H groups in total. The van der Waals surface area contributed by atoms with E-state index < -0.39 is 35.1 Å². The molecule has 0 saturated heterocycles. The number of halogens is 4. The van der Waals surface area contributed by atoms with Gasteiger partial charge in [-0.3, -0.25) is 4.79 Å². The van der Waals surface area contributed by atoms with Crippen molar-refractivity contribution < 1.29 is 27.1 Å². The molecule has 0 fully saturated rings. The van der Waals surface area contributed by atoms with Gasteiger partial charge in [0, 0.05) is 12.0 Å². The van der Waals surface area contributed by atoms with E-state index in [-0.39, 0.29) is 12.3 Å². The minimum Gasteiger partial charge on any atom is -0.485 e. The van der Waals surface area contributed by atoms with E-state index in [2.05, 4.69) is 5.32 Å². The Labute approximate surface area is 135 Å². The van der Waals surface area contributed by atoms with Gasteiger partial charge in [0.25, 0.3) is 5.91 Å². The molecule has 2 aromatic rings. The monoisotopic (exact) mass is 339 g/mol. The summed E-state index contributed by atoms with van der Waals surface area (Å²) in [6, 6.07) is 9.07. The zero-order valence-electron chi connectivity index (χ0n) is 12.4. The average Bonchev–Trinajstić information content (AvgIpc) is 2.96. The van der Waals surface area contributed by atoms with Gasteiger partial charge in [0.15, 0.2) is 11.6 Å². The molecule has 1 aliphatic heterocycles. The van der Waals surface area contributed by atoms with Crippen molar-refractivity contribution in [3.05, 3.63) is 65.0 Å². The molecule has 0 saturated carbocycles. The summed E-state index contributed by atoms with van der Waals surface area (Å²) in [6.45, 7) is -0.0147. The summed E-state index contributed by atoms with van der Waals surface area (Å²) in [5, 5.41) is 2.42. The van der Waals surface area contributed by atoms with E-state index in [9.17, 15) is 22.4 Å². The molecular formula is C17H13F4NO2. The maximum Gasteiger partial charge on any atom is 0.417 e. The Kier molecular flexibility index (Phi) is 4.17. The van der Waals surface area contributed by atoms with Gasteiger partial charge in [0.1, 0.15) is 6.10 Å². The van der Waals surface area contributed by atoms with E-state index in [1.807, 2.05) is 0 Å². The number of rotatable bonds is 3. The van der Waals surface area contributed by atoms with E-state index in [4.69, 9.17) is 4.74 Å². The molecule has 0 spiro atoms. The fourth-order valence-corrected chi connectivity index (χ4v) is 2.64. The molecule has 126 valence electrons. The van der Waals surface area contributed by atoms with E-state index in [1.54, 1.807) is 12.1 Å². The van der Waals surface area contributed by atoms with Crippen LogP contribution in [0.2, 0.25) is 0 Å². The molecule has 0 aromatic heterocycles. The molecule has 1 atom stereocenters. The molecule has 3 nitrogen and oxygen atoms in total. The number of alkyl halides is 3. The largest absolute Gasteiger partial charge is 0.485 e. The van der Waals surface area contributed by atoms with E-state index >= 15 is 0 Å². The minimum atomic E-state index is -4.61. The van der Waals surface area contributed by atoms with Gasteiger partial charge in [-0.15, -0.1) is 0 Å². The van der Waals surface area contributed by atoms with Crippen molar-refractivity contribution in [3.8, 4) is 5.75 Å². The first-order chi connectivity index (χ1) is 11.4. The zero-order valence-corrected chi connectivity index (χ0v) is 12.4. The first-order valence-electron chi connectivity index (χ1n) is 7.24. The normalized spacial score (nSPS) is 16.4. The maximum atomic E-state index is 13.6. The van der Waals surface area contributed by atoms with Crippen LogP contribution in [0, 0.1) is 5.82 Å². The summed E-state index contributed by atoms with van der Waals surface area (Å²) >= 11 is 0. The molecular weight excluding hydrogens is 326 g/mol. The summed E-state index contributed by atoms with van der Waals surface area (Å²) in [5.41, 5.74) is -0.777. The van der Waals surface area contributed by atoms with Gasteiger partial charge >= 0.3 is 6.18 Å². The fraction of sp³-hybridized carbons (Fsp3) is 0.235. The van der Waals surface area contributed by atoms with E-state index in [1.165, 1.54) is 18.2 Å². The molecule has 1 amide bonds. The summed E-state index contributed by atoms with van der Waals surface area (Å²) in [5.74, 6) is -1.21. The van der Waals surface area contributed by atoms with Crippen LogP contribution in [0.3, 0.4) is 0 Å². The van der Waals surface area contributed by atoms with Gasteiger partial charge in [-0.25, -0.2) is 4.39 Å². The predicted molar refractivity (Wildman–Crippen MR) is 78.3 cm³/mol. The standard InChI is InChI=1S/C17H13F4NO2/c18-14-7-3-4-10-8-11(24-15(10)14)9-22-16(23)12-5-1-2-6-13(12)17(19,20)21/h1-7,11H,8-9H2,(H,22,23). The first kappa shape index (κ1) is 16.3. The second kappa shape index (κ2) is 6.14. The summed E-state index contributed by atoms with van der Waals surface area (Å²) in [4.78, 5) is 12.1. The van der Waals surface area contributed by atoms with Crippen LogP contribution in [0.1, 0.15) is 21.5 Å². The number of benzene rings is 2.